The number of aliphatic carboxylic acids is 1. The minimum Gasteiger partial charge on any atom is -0.479 e. The molecule has 0 spiro atoms. The van der Waals surface area contributed by atoms with Gasteiger partial charge >= 0.3 is 12.1 Å². The quantitative estimate of drug-likeness (QED) is 0.580. The molecule has 2 aromatic rings. The Hall–Kier alpha value is -3.39. The summed E-state index contributed by atoms with van der Waals surface area (Å²) in [5, 5.41) is 14.9. The lowest BCUT2D eigenvalue weighted by molar-refractivity contribution is -0.148. The van der Waals surface area contributed by atoms with Crippen molar-refractivity contribution in [1.82, 2.24) is 10.6 Å². The topological polar surface area (TPSA) is 114 Å². The van der Waals surface area contributed by atoms with Crippen molar-refractivity contribution in [1.29, 1.82) is 0 Å². The second-order valence-electron chi connectivity index (χ2n) is 9.43. The molecule has 0 radical (unpaired) electrons. The van der Waals surface area contributed by atoms with Crippen LogP contribution in [0.5, 0.6) is 0 Å². The van der Waals surface area contributed by atoms with Crippen LogP contribution >= 0.6 is 0 Å². The summed E-state index contributed by atoms with van der Waals surface area (Å²) in [5.41, 5.74) is 3.32. The van der Waals surface area contributed by atoms with E-state index in [9.17, 15) is 19.5 Å². The molecule has 2 amide bonds. The number of fused-ring (bicyclic) bond motifs is 3. The molecule has 0 bridgehead atoms. The lowest BCUT2D eigenvalue weighted by atomic mass is 9.93. The first-order valence-corrected chi connectivity index (χ1v) is 11.7. The smallest absolute Gasteiger partial charge is 0.408 e. The van der Waals surface area contributed by atoms with E-state index in [0.29, 0.717) is 6.42 Å². The van der Waals surface area contributed by atoms with Crippen LogP contribution in [0.4, 0.5) is 4.79 Å². The molecule has 1 saturated carbocycles. The van der Waals surface area contributed by atoms with E-state index in [0.717, 1.165) is 35.1 Å². The normalized spacial score (nSPS) is 22.9. The van der Waals surface area contributed by atoms with Crippen molar-refractivity contribution in [2.45, 2.75) is 49.8 Å². The summed E-state index contributed by atoms with van der Waals surface area (Å²) in [5.74, 6) is -1.63. The highest BCUT2D eigenvalue weighted by atomic mass is 16.5. The van der Waals surface area contributed by atoms with Gasteiger partial charge in [0.05, 0.1) is 6.04 Å². The number of hydrogen-bond acceptors (Lipinski definition) is 5. The number of benzene rings is 2. The van der Waals surface area contributed by atoms with Crippen LogP contribution in [-0.2, 0) is 19.1 Å². The second kappa shape index (κ2) is 8.76. The third kappa shape index (κ3) is 4.03. The minimum absolute atomic E-state index is 0.0291. The molecule has 1 aliphatic heterocycles. The zero-order valence-electron chi connectivity index (χ0n) is 19.0. The number of hydrogen-bond donors (Lipinski definition) is 3. The number of carboxylic acid groups (broad SMARTS) is 1. The molecule has 1 heterocycles. The van der Waals surface area contributed by atoms with Crippen molar-refractivity contribution < 1.29 is 29.0 Å². The number of carbonyl (C=O) groups is 3. The Bertz CT molecular complexity index is 1080. The summed E-state index contributed by atoms with van der Waals surface area (Å²) in [6.07, 6.45) is 0.272. The maximum atomic E-state index is 13.2. The average molecular weight is 465 g/mol. The molecule has 8 nitrogen and oxygen atoms in total. The third-order valence-corrected chi connectivity index (χ3v) is 7.22. The first-order chi connectivity index (χ1) is 16.4. The summed E-state index contributed by atoms with van der Waals surface area (Å²) in [6, 6.07) is 15.5. The molecule has 5 rings (SSSR count). The third-order valence-electron chi connectivity index (χ3n) is 7.22. The molecule has 2 fully saturated rings. The van der Waals surface area contributed by atoms with Gasteiger partial charge in [0.1, 0.15) is 12.1 Å². The van der Waals surface area contributed by atoms with Gasteiger partial charge in [-0.3, -0.25) is 4.79 Å². The summed E-state index contributed by atoms with van der Waals surface area (Å²) < 4.78 is 10.9. The number of carboxylic acids is 1. The number of carbonyl (C=O) groups excluding carboxylic acids is 2. The first kappa shape index (κ1) is 22.4. The predicted molar refractivity (Wildman–Crippen MR) is 123 cm³/mol. The van der Waals surface area contributed by atoms with Crippen LogP contribution in [0.15, 0.2) is 48.5 Å². The van der Waals surface area contributed by atoms with Crippen LogP contribution in [0.1, 0.15) is 43.2 Å². The molecular weight excluding hydrogens is 436 g/mol. The van der Waals surface area contributed by atoms with E-state index in [-0.39, 0.29) is 25.0 Å². The minimum atomic E-state index is -1.19. The van der Waals surface area contributed by atoms with Crippen LogP contribution in [-0.4, -0.2) is 54.0 Å². The molecule has 1 unspecified atom stereocenters. The van der Waals surface area contributed by atoms with E-state index in [1.807, 2.05) is 36.4 Å². The highest BCUT2D eigenvalue weighted by Crippen LogP contribution is 2.44. The van der Waals surface area contributed by atoms with Crippen molar-refractivity contribution in [3.8, 4) is 11.1 Å². The van der Waals surface area contributed by atoms with E-state index in [4.69, 9.17) is 9.47 Å². The van der Waals surface area contributed by atoms with Gasteiger partial charge in [0, 0.05) is 12.5 Å². The van der Waals surface area contributed by atoms with Gasteiger partial charge in [-0.25, -0.2) is 9.59 Å². The lowest BCUT2D eigenvalue weighted by Gasteiger charge is -2.31. The Morgan fingerprint density at radius 2 is 1.65 bits per heavy atom. The highest BCUT2D eigenvalue weighted by molar-refractivity contribution is 5.91. The van der Waals surface area contributed by atoms with E-state index in [2.05, 4.69) is 22.8 Å². The number of amides is 2. The number of rotatable bonds is 7. The van der Waals surface area contributed by atoms with E-state index in [1.165, 1.54) is 0 Å². The van der Waals surface area contributed by atoms with Crippen LogP contribution < -0.4 is 10.6 Å². The van der Waals surface area contributed by atoms with Crippen LogP contribution in [0.25, 0.3) is 11.1 Å². The van der Waals surface area contributed by atoms with Crippen molar-refractivity contribution in [3.63, 3.8) is 0 Å². The van der Waals surface area contributed by atoms with Crippen molar-refractivity contribution in [2.75, 3.05) is 13.2 Å². The Kier molecular flexibility index (Phi) is 5.77. The van der Waals surface area contributed by atoms with Gasteiger partial charge < -0.3 is 25.2 Å². The summed E-state index contributed by atoms with van der Waals surface area (Å²) in [6.45, 7) is 2.09. The maximum absolute atomic E-state index is 13.2. The van der Waals surface area contributed by atoms with Gasteiger partial charge in [-0.15, -0.1) is 0 Å². The SMILES string of the molecule is CC(NC(=O)OCC1c2ccccc2-c2ccccc21)(C(=O)N[C@H]1CCO[C@H]1C(=O)O)C1CC1. The highest BCUT2D eigenvalue weighted by Gasteiger charge is 2.50. The molecule has 2 aromatic carbocycles. The fourth-order valence-corrected chi connectivity index (χ4v) is 5.15. The first-order valence-electron chi connectivity index (χ1n) is 11.7. The van der Waals surface area contributed by atoms with Crippen LogP contribution in [0.2, 0.25) is 0 Å². The van der Waals surface area contributed by atoms with E-state index < -0.39 is 35.7 Å². The molecule has 178 valence electrons. The molecule has 1 saturated heterocycles. The van der Waals surface area contributed by atoms with Gasteiger partial charge in [0.15, 0.2) is 6.10 Å². The standard InChI is InChI=1S/C26H28N2O6/c1-26(15-10-11-15,24(31)27-21-12-13-33-22(21)23(29)30)28-25(32)34-14-20-18-8-4-2-6-16(18)17-7-3-5-9-19(17)20/h2-9,15,20-22H,10-14H2,1H3,(H,27,31)(H,28,32)(H,29,30)/t21-,22+,26?/m0/s1. The van der Waals surface area contributed by atoms with Gasteiger partial charge in [-0.2, -0.15) is 0 Å². The Morgan fingerprint density at radius 1 is 1.03 bits per heavy atom. The molecule has 3 aliphatic rings. The predicted octanol–water partition coefficient (Wildman–Crippen LogP) is 3.05. The Morgan fingerprint density at radius 3 is 2.24 bits per heavy atom. The zero-order valence-corrected chi connectivity index (χ0v) is 19.0. The van der Waals surface area contributed by atoms with Crippen LogP contribution in [0.3, 0.4) is 0 Å². The van der Waals surface area contributed by atoms with Gasteiger partial charge in [0.2, 0.25) is 5.91 Å². The van der Waals surface area contributed by atoms with E-state index >= 15 is 0 Å². The fourth-order valence-electron chi connectivity index (χ4n) is 5.15. The maximum Gasteiger partial charge on any atom is 0.408 e. The van der Waals surface area contributed by atoms with Crippen LogP contribution in [0, 0.1) is 5.92 Å². The number of ether oxygens (including phenoxy) is 2. The molecular formula is C26H28N2O6. The lowest BCUT2D eigenvalue weighted by Crippen LogP contribution is -2.61. The monoisotopic (exact) mass is 464 g/mol. The van der Waals surface area contributed by atoms with Gasteiger partial charge in [0.25, 0.3) is 0 Å². The number of alkyl carbamates (subject to hydrolysis) is 1. The largest absolute Gasteiger partial charge is 0.479 e. The molecule has 0 aromatic heterocycles. The fraction of sp³-hybridized carbons (Fsp3) is 0.423. The Balaban J connectivity index is 1.26. The zero-order chi connectivity index (χ0) is 23.9. The molecule has 8 heteroatoms. The van der Waals surface area contributed by atoms with E-state index in [1.54, 1.807) is 6.92 Å². The molecule has 3 atom stereocenters. The summed E-state index contributed by atoms with van der Waals surface area (Å²) in [7, 11) is 0. The average Bonchev–Trinajstić information content (AvgIpc) is 3.51. The number of nitrogens with one attached hydrogen (secondary N) is 2. The molecule has 3 N–H and O–H groups in total. The summed E-state index contributed by atoms with van der Waals surface area (Å²) in [4.78, 5) is 37.4. The van der Waals surface area contributed by atoms with Crippen molar-refractivity contribution >= 4 is 18.0 Å². The molecule has 2 aliphatic carbocycles. The second-order valence-corrected chi connectivity index (χ2v) is 9.43. The van der Waals surface area contributed by atoms with Crippen molar-refractivity contribution in [3.05, 3.63) is 59.7 Å². The van der Waals surface area contributed by atoms with Crippen molar-refractivity contribution in [2.24, 2.45) is 5.92 Å². The summed E-state index contributed by atoms with van der Waals surface area (Å²) >= 11 is 0. The van der Waals surface area contributed by atoms with Gasteiger partial charge in [-0.1, -0.05) is 48.5 Å². The Labute approximate surface area is 197 Å². The molecule has 34 heavy (non-hydrogen) atoms. The van der Waals surface area contributed by atoms with Gasteiger partial charge in [-0.05, 0) is 54.4 Å².